The van der Waals surface area contributed by atoms with Gasteiger partial charge in [-0.25, -0.2) is 0 Å². The van der Waals surface area contributed by atoms with Crippen molar-refractivity contribution in [3.8, 4) is 0 Å². The number of aliphatic hydroxyl groups is 4. The second-order valence-electron chi connectivity index (χ2n) is 2.89. The molecule has 0 aromatic rings. The van der Waals surface area contributed by atoms with Crippen LogP contribution in [-0.2, 0) is 0 Å². The quantitative estimate of drug-likeness (QED) is 0.251. The van der Waals surface area contributed by atoms with Crippen LogP contribution in [0.25, 0.3) is 20.9 Å². The van der Waals surface area contributed by atoms with E-state index in [-0.39, 0.29) is 0 Å². The van der Waals surface area contributed by atoms with E-state index in [1.807, 2.05) is 0 Å². The van der Waals surface area contributed by atoms with E-state index in [0.29, 0.717) is 0 Å². The molecule has 4 atom stereocenters. The average molecular weight is 232 g/mol. The lowest BCUT2D eigenvalue weighted by molar-refractivity contribution is 0.0221. The highest BCUT2D eigenvalue weighted by Crippen LogP contribution is 2.13. The topological polar surface area (TPSA) is 178 Å². The van der Waals surface area contributed by atoms with Crippen LogP contribution in [0.5, 0.6) is 0 Å². The first-order chi connectivity index (χ1) is 7.62. The third-order valence-corrected chi connectivity index (χ3v) is 1.88. The molecule has 10 nitrogen and oxygen atoms in total. The van der Waals surface area contributed by atoms with E-state index in [0.717, 1.165) is 0 Å². The molecule has 0 rings (SSSR count). The van der Waals surface area contributed by atoms with Gasteiger partial charge in [-0.2, -0.15) is 0 Å². The fraction of sp³-hybridized carbons (Fsp3) is 1.00. The van der Waals surface area contributed by atoms with E-state index >= 15 is 0 Å². The van der Waals surface area contributed by atoms with Gasteiger partial charge >= 0.3 is 0 Å². The molecule has 0 heterocycles. The van der Waals surface area contributed by atoms with Gasteiger partial charge in [0.05, 0.1) is 37.5 Å². The molecule has 0 bridgehead atoms. The Balaban J connectivity index is 5.07. The van der Waals surface area contributed by atoms with E-state index in [1.165, 1.54) is 0 Å². The van der Waals surface area contributed by atoms with Gasteiger partial charge in [0.1, 0.15) is 0 Å². The average Bonchev–Trinajstić information content (AvgIpc) is 2.31. The molecule has 0 saturated heterocycles. The van der Waals surface area contributed by atoms with Crippen LogP contribution in [0, 0.1) is 0 Å². The molecule has 0 saturated carbocycles. The molecule has 16 heavy (non-hydrogen) atoms. The van der Waals surface area contributed by atoms with Crippen LogP contribution in [0.3, 0.4) is 0 Å². The number of aliphatic hydroxyl groups excluding tert-OH is 4. The summed E-state index contributed by atoms with van der Waals surface area (Å²) in [5.41, 5.74) is 16.5. The second-order valence-corrected chi connectivity index (χ2v) is 2.89. The fourth-order valence-corrected chi connectivity index (χ4v) is 1.08. The van der Waals surface area contributed by atoms with E-state index in [2.05, 4.69) is 20.1 Å². The van der Waals surface area contributed by atoms with Gasteiger partial charge in [0, 0.05) is 9.82 Å². The van der Waals surface area contributed by atoms with Gasteiger partial charge in [-0.15, -0.1) is 0 Å². The van der Waals surface area contributed by atoms with Gasteiger partial charge in [-0.3, -0.25) is 0 Å². The summed E-state index contributed by atoms with van der Waals surface area (Å²) in [6, 6.07) is -2.71. The van der Waals surface area contributed by atoms with Crippen molar-refractivity contribution in [1.29, 1.82) is 0 Å². The van der Waals surface area contributed by atoms with Crippen molar-refractivity contribution in [1.82, 2.24) is 0 Å². The first kappa shape index (κ1) is 14.5. The minimum atomic E-state index is -1.49. The molecule has 0 amide bonds. The summed E-state index contributed by atoms with van der Waals surface area (Å²) in [6.07, 6.45) is -2.99. The van der Waals surface area contributed by atoms with Crippen molar-refractivity contribution >= 4 is 0 Å². The van der Waals surface area contributed by atoms with Gasteiger partial charge in [-0.05, 0) is 11.1 Å². The Morgan fingerprint density at radius 3 is 1.38 bits per heavy atom. The van der Waals surface area contributed by atoms with Crippen LogP contribution < -0.4 is 0 Å². The van der Waals surface area contributed by atoms with Crippen LogP contribution in [0.2, 0.25) is 0 Å². The first-order valence-corrected chi connectivity index (χ1v) is 4.28. The number of nitrogens with zero attached hydrogens (tertiary/aromatic N) is 6. The highest BCUT2D eigenvalue weighted by molar-refractivity contribution is 4.92. The summed E-state index contributed by atoms with van der Waals surface area (Å²) in [6.45, 7) is -1.47. The number of hydrogen-bond acceptors (Lipinski definition) is 6. The van der Waals surface area contributed by atoms with Crippen molar-refractivity contribution < 1.29 is 20.4 Å². The van der Waals surface area contributed by atoms with Crippen LogP contribution in [-0.4, -0.2) is 57.9 Å². The number of rotatable bonds is 7. The maximum atomic E-state index is 9.30. The Morgan fingerprint density at radius 1 is 0.875 bits per heavy atom. The number of hydrogen-bond donors (Lipinski definition) is 4. The molecule has 0 aliphatic heterocycles. The van der Waals surface area contributed by atoms with Crippen LogP contribution in [0.4, 0.5) is 0 Å². The number of azide groups is 2. The monoisotopic (exact) mass is 232 g/mol. The van der Waals surface area contributed by atoms with Crippen LogP contribution >= 0.6 is 0 Å². The molecule has 4 N–H and O–H groups in total. The summed E-state index contributed by atoms with van der Waals surface area (Å²) in [4.78, 5) is 4.81. The van der Waals surface area contributed by atoms with Crippen LogP contribution in [0.1, 0.15) is 0 Å². The highest BCUT2D eigenvalue weighted by atomic mass is 16.3. The zero-order valence-electron chi connectivity index (χ0n) is 8.20. The summed E-state index contributed by atoms with van der Waals surface area (Å²) in [5, 5.41) is 42.2. The summed E-state index contributed by atoms with van der Waals surface area (Å²) >= 11 is 0. The first-order valence-electron chi connectivity index (χ1n) is 4.28. The summed E-state index contributed by atoms with van der Waals surface area (Å²) in [7, 11) is 0. The van der Waals surface area contributed by atoms with Gasteiger partial charge < -0.3 is 20.4 Å². The molecule has 0 radical (unpaired) electrons. The van der Waals surface area contributed by atoms with E-state index in [1.54, 1.807) is 0 Å². The molecule has 0 aliphatic rings. The molecular formula is C6H12N6O4. The molecule has 10 heteroatoms. The molecular weight excluding hydrogens is 220 g/mol. The Labute approximate surface area is 90.0 Å². The maximum absolute atomic E-state index is 9.30. The summed E-state index contributed by atoms with van der Waals surface area (Å²) in [5.74, 6) is 0. The Kier molecular flexibility index (Phi) is 6.97. The fourth-order valence-electron chi connectivity index (χ4n) is 1.08. The minimum Gasteiger partial charge on any atom is -0.394 e. The SMILES string of the molecule is [N-]=[N+]=N[C@H]([C@@H](N=[N+]=[N-])[C@H](O)CO)[C@H](O)CO. The van der Waals surface area contributed by atoms with Crippen molar-refractivity contribution in [2.24, 2.45) is 10.2 Å². The van der Waals surface area contributed by atoms with E-state index < -0.39 is 37.5 Å². The molecule has 0 aromatic heterocycles. The second kappa shape index (κ2) is 7.71. The molecule has 0 fully saturated rings. The Hall–Kier alpha value is -1.54. The van der Waals surface area contributed by atoms with Crippen molar-refractivity contribution in [3.05, 3.63) is 20.9 Å². The molecule has 90 valence electrons. The van der Waals surface area contributed by atoms with Gasteiger partial charge in [0.25, 0.3) is 0 Å². The molecule has 0 unspecified atom stereocenters. The van der Waals surface area contributed by atoms with Gasteiger partial charge in [0.2, 0.25) is 0 Å². The van der Waals surface area contributed by atoms with Crippen molar-refractivity contribution in [3.63, 3.8) is 0 Å². The summed E-state index contributed by atoms with van der Waals surface area (Å²) < 4.78 is 0. The zero-order chi connectivity index (χ0) is 12.6. The highest BCUT2D eigenvalue weighted by Gasteiger charge is 2.31. The predicted molar refractivity (Wildman–Crippen MR) is 52.1 cm³/mol. The largest absolute Gasteiger partial charge is 0.394 e. The van der Waals surface area contributed by atoms with E-state index in [4.69, 9.17) is 21.3 Å². The molecule has 0 aromatic carbocycles. The normalized spacial score (nSPS) is 17.5. The Bertz CT molecular complexity index is 269. The molecule has 0 spiro atoms. The lowest BCUT2D eigenvalue weighted by atomic mass is 9.99. The molecule has 0 aliphatic carbocycles. The van der Waals surface area contributed by atoms with Gasteiger partial charge in [-0.1, -0.05) is 10.2 Å². The predicted octanol–water partition coefficient (Wildman–Crippen LogP) is -0.949. The van der Waals surface area contributed by atoms with Crippen LogP contribution in [0.15, 0.2) is 10.2 Å². The van der Waals surface area contributed by atoms with E-state index in [9.17, 15) is 10.2 Å². The standard InChI is InChI=1S/C6H12N6O4/c7-11-9-5(3(15)1-13)6(10-12-8)4(16)2-14/h3-6,13-16H,1-2H2/t3-,4-,5+,6+/m1/s1. The Morgan fingerprint density at radius 2 is 1.19 bits per heavy atom. The maximum Gasteiger partial charge on any atom is 0.0860 e. The third kappa shape index (κ3) is 3.91. The lowest BCUT2D eigenvalue weighted by Crippen LogP contribution is -2.44. The van der Waals surface area contributed by atoms with Gasteiger partial charge in [0.15, 0.2) is 0 Å². The van der Waals surface area contributed by atoms with Crippen molar-refractivity contribution in [2.75, 3.05) is 13.2 Å². The lowest BCUT2D eigenvalue weighted by Gasteiger charge is -2.25. The minimum absolute atomic E-state index is 0.737. The third-order valence-electron chi connectivity index (χ3n) is 1.88. The zero-order valence-corrected chi connectivity index (χ0v) is 8.20. The smallest absolute Gasteiger partial charge is 0.0860 e. The van der Waals surface area contributed by atoms with Crippen molar-refractivity contribution in [2.45, 2.75) is 24.3 Å².